The molecule has 1 aliphatic heterocycles. The topological polar surface area (TPSA) is 29.5 Å². The van der Waals surface area contributed by atoms with E-state index in [1.54, 1.807) is 6.66 Å². The van der Waals surface area contributed by atoms with Crippen LogP contribution in [0.4, 0.5) is 0 Å². The van der Waals surface area contributed by atoms with Gasteiger partial charge in [0.2, 0.25) is 0 Å². The Labute approximate surface area is 80.8 Å². The van der Waals surface area contributed by atoms with E-state index >= 15 is 0 Å². The zero-order valence-corrected chi connectivity index (χ0v) is 8.85. The van der Waals surface area contributed by atoms with Crippen molar-refractivity contribution >= 4 is 18.1 Å². The minimum absolute atomic E-state index is 0.0657. The Kier molecular flexibility index (Phi) is 3.19. The molecule has 0 aromatic heterocycles. The van der Waals surface area contributed by atoms with Crippen LogP contribution < -0.4 is 0 Å². The van der Waals surface area contributed by atoms with Crippen LogP contribution in [0.1, 0.15) is 14.2 Å². The van der Waals surface area contributed by atoms with E-state index in [9.17, 15) is 4.89 Å². The summed E-state index contributed by atoms with van der Waals surface area (Å²) in [6, 6.07) is 0. The average molecular weight is 208 g/mol. The second-order valence-corrected chi connectivity index (χ2v) is 8.21. The van der Waals surface area contributed by atoms with Gasteiger partial charge in [-0.05, 0) is 32.3 Å². The molecule has 0 amide bonds. The van der Waals surface area contributed by atoms with Crippen LogP contribution in [0.2, 0.25) is 0 Å². The lowest BCUT2D eigenvalue weighted by Crippen LogP contribution is -2.14. The Morgan fingerprint density at radius 1 is 1.92 bits per heavy atom. The summed E-state index contributed by atoms with van der Waals surface area (Å²) in [6.45, 7) is 6.95. The average Bonchev–Trinajstić information content (AvgIpc) is 2.24. The van der Waals surface area contributed by atoms with E-state index in [1.807, 2.05) is 0 Å². The fourth-order valence-electron chi connectivity index (χ4n) is 1.19. The minimum atomic E-state index is -2.13. The number of rotatable bonds is 3. The summed E-state index contributed by atoms with van der Waals surface area (Å²) in [5.74, 6) is -0.0657. The van der Waals surface area contributed by atoms with Crippen molar-refractivity contribution in [1.29, 1.82) is 0 Å². The zero-order valence-electron chi connectivity index (χ0n) is 8.14. The maximum atomic E-state index is 9.41. The van der Waals surface area contributed by atoms with Crippen LogP contribution in [0.15, 0.2) is 0 Å². The van der Waals surface area contributed by atoms with Gasteiger partial charge in [-0.1, -0.05) is 11.8 Å². The summed E-state index contributed by atoms with van der Waals surface area (Å²) < 4.78 is 12.6. The molecule has 0 aromatic rings. The number of hydrogen-bond acceptors (Lipinski definition) is 2. The van der Waals surface area contributed by atoms with Crippen molar-refractivity contribution in [2.75, 3.05) is 19.4 Å². The molecule has 0 bridgehead atoms. The summed E-state index contributed by atoms with van der Waals surface area (Å²) in [5.41, 5.74) is 0. The Hall–Kier alpha value is 0.570. The van der Waals surface area contributed by atoms with Gasteiger partial charge in [-0.25, -0.2) is 0 Å². The van der Waals surface area contributed by atoms with E-state index in [0.29, 0.717) is 19.0 Å². The van der Waals surface area contributed by atoms with E-state index in [1.165, 1.54) is 0 Å². The molecule has 2 nitrogen and oxygen atoms in total. The monoisotopic (exact) mass is 208 g/mol. The normalized spacial score (nSPS) is 42.2. The van der Waals surface area contributed by atoms with Crippen LogP contribution in [-0.4, -0.2) is 30.4 Å². The van der Waals surface area contributed by atoms with Crippen LogP contribution in [0.5, 0.6) is 0 Å². The lowest BCUT2D eigenvalue weighted by atomic mass is 10.0. The Morgan fingerprint density at radius 3 is 3.00 bits per heavy atom. The molecule has 1 fully saturated rings. The van der Waals surface area contributed by atoms with Gasteiger partial charge in [-0.2, -0.15) is 0 Å². The summed E-state index contributed by atoms with van der Waals surface area (Å²) in [7, 11) is 0. The number of hydrogen-bond donors (Lipinski definition) is 1. The molecular formula is C8H15O2PS. The molecule has 0 saturated carbocycles. The van der Waals surface area contributed by atoms with Gasteiger partial charge in [-0.3, -0.25) is 0 Å². The van der Waals surface area contributed by atoms with Crippen molar-refractivity contribution < 1.29 is 11.0 Å². The highest BCUT2D eigenvalue weighted by Gasteiger charge is 2.25. The predicted octanol–water partition coefficient (Wildman–Crippen LogP) is 1.51. The third-order valence-corrected chi connectivity index (χ3v) is 3.58. The van der Waals surface area contributed by atoms with Gasteiger partial charge < -0.3 is 9.63 Å². The molecule has 0 aliphatic carbocycles. The van der Waals surface area contributed by atoms with Crippen LogP contribution in [0.25, 0.3) is 0 Å². The molecule has 4 atom stereocenters. The highest BCUT2D eigenvalue weighted by atomic mass is 32.4. The third kappa shape index (κ3) is 3.53. The van der Waals surface area contributed by atoms with Gasteiger partial charge in [0.15, 0.2) is 0 Å². The Bertz CT molecular complexity index is 218. The molecule has 3 unspecified atom stereocenters. The maximum absolute atomic E-state index is 9.41. The van der Waals surface area contributed by atoms with Crippen molar-refractivity contribution in [3.05, 3.63) is 6.92 Å². The second kappa shape index (κ2) is 4.19. The molecule has 1 aliphatic rings. The summed E-state index contributed by atoms with van der Waals surface area (Å²) in [4.78, 5) is 9.41. The third-order valence-electron chi connectivity index (χ3n) is 1.95. The van der Waals surface area contributed by atoms with Gasteiger partial charge in [-0.15, -0.1) is 0 Å². The van der Waals surface area contributed by atoms with Gasteiger partial charge >= 0.3 is 0 Å². The molecule has 0 spiro atoms. The molecular weight excluding hydrogens is 191 g/mol. The van der Waals surface area contributed by atoms with Crippen LogP contribution in [0, 0.1) is 12.8 Å². The molecule has 1 N–H and O–H groups in total. The van der Waals surface area contributed by atoms with E-state index in [4.69, 9.17) is 24.8 Å². The Morgan fingerprint density at radius 2 is 2.58 bits per heavy atom. The molecule has 2 radical (unpaired) electrons. The molecule has 1 heterocycles. The molecule has 12 heavy (non-hydrogen) atoms. The first-order chi connectivity index (χ1) is 5.88. The summed E-state index contributed by atoms with van der Waals surface area (Å²) in [6.07, 6.45) is -0.356. The van der Waals surface area contributed by atoms with Crippen LogP contribution in [-0.2, 0) is 16.5 Å². The van der Waals surface area contributed by atoms with E-state index < -0.39 is 12.8 Å². The highest BCUT2D eigenvalue weighted by molar-refractivity contribution is 8.11. The van der Waals surface area contributed by atoms with Crippen molar-refractivity contribution in [2.45, 2.75) is 18.9 Å². The van der Waals surface area contributed by atoms with Gasteiger partial charge in [0.05, 0.1) is 13.7 Å². The maximum Gasteiger partial charge on any atom is 0.0611 e. The van der Waals surface area contributed by atoms with E-state index in [2.05, 4.69) is 0 Å². The fourth-order valence-corrected chi connectivity index (χ4v) is 2.24. The lowest BCUT2D eigenvalue weighted by Gasteiger charge is -2.16. The van der Waals surface area contributed by atoms with Crippen molar-refractivity contribution in [3.8, 4) is 0 Å². The Balaban J connectivity index is 2.34. The van der Waals surface area contributed by atoms with Gasteiger partial charge in [0.1, 0.15) is 0 Å². The first-order valence-corrected chi connectivity index (χ1v) is 7.40. The molecule has 70 valence electrons. The first-order valence-electron chi connectivity index (χ1n) is 4.59. The van der Waals surface area contributed by atoms with Crippen molar-refractivity contribution in [3.63, 3.8) is 0 Å². The summed E-state index contributed by atoms with van der Waals surface area (Å²) in [5, 5.41) is 0. The second-order valence-electron chi connectivity index (χ2n) is 3.30. The van der Waals surface area contributed by atoms with E-state index in [-0.39, 0.29) is 12.0 Å². The minimum Gasteiger partial charge on any atom is -0.378 e. The van der Waals surface area contributed by atoms with Crippen molar-refractivity contribution in [2.24, 2.45) is 5.92 Å². The summed E-state index contributed by atoms with van der Waals surface area (Å²) >= 11 is 4.91. The SMILES string of the molecule is [3H]C1CC([CH])[C@@H](CCP(C)(O)=S)O1. The quantitative estimate of drug-likeness (QED) is 0.713. The smallest absolute Gasteiger partial charge is 0.0611 e. The fraction of sp³-hybridized carbons (Fsp3) is 0.875. The van der Waals surface area contributed by atoms with Gasteiger partial charge in [0, 0.05) is 12.7 Å². The largest absolute Gasteiger partial charge is 0.378 e. The van der Waals surface area contributed by atoms with Crippen molar-refractivity contribution in [1.82, 2.24) is 0 Å². The van der Waals surface area contributed by atoms with E-state index in [0.717, 1.165) is 0 Å². The number of ether oxygens (including phenoxy) is 1. The standard InChI is InChI=1S/C8H15O2PS/c1-7-3-5-10-8(7)4-6-11(2,9)12/h1,7-8H,3-6H2,2H3,(H,9,12)/t7?,8-,11?/m1/s1/i5T/t5?,7?,8-,11?. The lowest BCUT2D eigenvalue weighted by molar-refractivity contribution is 0.0960. The van der Waals surface area contributed by atoms with Crippen LogP contribution in [0.3, 0.4) is 0 Å². The molecule has 4 heteroatoms. The molecule has 0 aromatic carbocycles. The highest BCUT2D eigenvalue weighted by Crippen LogP contribution is 2.38. The first kappa shape index (κ1) is 9.14. The van der Waals surface area contributed by atoms with Gasteiger partial charge in [0.25, 0.3) is 0 Å². The predicted molar refractivity (Wildman–Crippen MR) is 54.1 cm³/mol. The van der Waals surface area contributed by atoms with Crippen LogP contribution >= 0.6 is 6.26 Å². The zero-order chi connectivity index (χ0) is 10.1. The molecule has 1 saturated heterocycles. The molecule has 1 rings (SSSR count).